The Hall–Kier alpha value is -3.04. The summed E-state index contributed by atoms with van der Waals surface area (Å²) in [7, 11) is 1.58. The minimum Gasteiger partial charge on any atom is -0.352 e. The molecule has 1 unspecified atom stereocenters. The van der Waals surface area contributed by atoms with Gasteiger partial charge in [0.1, 0.15) is 12.4 Å². The quantitative estimate of drug-likeness (QED) is 0.629. The summed E-state index contributed by atoms with van der Waals surface area (Å²) in [6, 6.07) is -0.432. The summed E-state index contributed by atoms with van der Waals surface area (Å²) < 4.78 is 2.07. The van der Waals surface area contributed by atoms with Gasteiger partial charge in [0, 0.05) is 32.3 Å². The second-order valence-corrected chi connectivity index (χ2v) is 8.82. The van der Waals surface area contributed by atoms with Crippen LogP contribution < -0.4 is 5.32 Å². The standard InChI is InChI=1S/C22H30N6O4/c1-15(29)26-10-12-27(13-11-26)17-8-9-23-20-19(17)21(31)28(22(32)25(20)2)14-18(30)24-16-6-4-3-5-7-16/h8-9,16,19H,3-7,10-14H2,1-2H3/p+1. The first-order valence-electron chi connectivity index (χ1n) is 11.4. The third-order valence-electron chi connectivity index (χ3n) is 6.74. The van der Waals surface area contributed by atoms with E-state index in [1.165, 1.54) is 11.3 Å². The van der Waals surface area contributed by atoms with Crippen molar-refractivity contribution < 1.29 is 23.8 Å². The summed E-state index contributed by atoms with van der Waals surface area (Å²) in [5, 5.41) is 2.98. The topological polar surface area (TPSA) is 105 Å². The Morgan fingerprint density at radius 3 is 2.50 bits per heavy atom. The number of rotatable bonds is 3. The largest absolute Gasteiger partial charge is 0.352 e. The van der Waals surface area contributed by atoms with Crippen LogP contribution in [0.4, 0.5) is 4.79 Å². The molecular weight excluding hydrogens is 412 g/mol. The first kappa shape index (κ1) is 22.2. The van der Waals surface area contributed by atoms with Gasteiger partial charge in [0.25, 0.3) is 5.91 Å². The first-order valence-corrected chi connectivity index (χ1v) is 11.4. The van der Waals surface area contributed by atoms with E-state index in [1.807, 2.05) is 0 Å². The van der Waals surface area contributed by atoms with Gasteiger partial charge in [-0.15, -0.1) is 0 Å². The Labute approximate surface area is 187 Å². The molecule has 1 N–H and O–H groups in total. The van der Waals surface area contributed by atoms with Crippen molar-refractivity contribution in [1.29, 1.82) is 0 Å². The van der Waals surface area contributed by atoms with Crippen molar-refractivity contribution in [2.45, 2.75) is 45.1 Å². The number of nitrogens with one attached hydrogen (secondary N) is 1. The number of imide groups is 1. The average Bonchev–Trinajstić information content (AvgIpc) is 2.80. The van der Waals surface area contributed by atoms with Crippen LogP contribution in [0.5, 0.6) is 0 Å². The average molecular weight is 444 g/mol. The number of hydrogen-bond donors (Lipinski definition) is 1. The van der Waals surface area contributed by atoms with Gasteiger partial charge < -0.3 is 10.2 Å². The highest BCUT2D eigenvalue weighted by atomic mass is 16.2. The number of amidine groups is 1. The van der Waals surface area contributed by atoms with Crippen molar-refractivity contribution in [1.82, 2.24) is 20.0 Å². The molecule has 1 atom stereocenters. The zero-order valence-corrected chi connectivity index (χ0v) is 18.7. The molecule has 4 aliphatic rings. The molecule has 10 nitrogen and oxygen atoms in total. The van der Waals surface area contributed by atoms with E-state index in [0.29, 0.717) is 32.0 Å². The van der Waals surface area contributed by atoms with Crippen molar-refractivity contribution in [2.24, 2.45) is 10.9 Å². The molecule has 0 aromatic heterocycles. The zero-order valence-electron chi connectivity index (χ0n) is 18.7. The number of allylic oxidation sites excluding steroid dienone is 1. The highest BCUT2D eigenvalue weighted by Crippen LogP contribution is 2.24. The number of fused-ring (bicyclic) bond motifs is 1. The van der Waals surface area contributed by atoms with Crippen LogP contribution in [-0.2, 0) is 14.4 Å². The Balaban J connectivity index is 1.52. The monoisotopic (exact) mass is 443 g/mol. The Kier molecular flexibility index (Phi) is 6.38. The van der Waals surface area contributed by atoms with Crippen LogP contribution in [0.15, 0.2) is 17.3 Å². The molecular formula is C22H31N6O4+. The molecule has 3 aliphatic heterocycles. The molecule has 3 heterocycles. The molecule has 0 radical (unpaired) electrons. The van der Waals surface area contributed by atoms with Gasteiger partial charge in [0.2, 0.25) is 11.8 Å². The molecule has 4 rings (SSSR count). The maximum Gasteiger partial charge on any atom is 0.332 e. The molecule has 0 spiro atoms. The van der Waals surface area contributed by atoms with Crippen molar-refractivity contribution in [3.05, 3.63) is 12.3 Å². The highest BCUT2D eigenvalue weighted by Gasteiger charge is 2.49. The van der Waals surface area contributed by atoms with Crippen molar-refractivity contribution in [3.8, 4) is 0 Å². The number of carbonyl (C=O) groups excluding carboxylic acids is 4. The fraction of sp³-hybridized carbons (Fsp3) is 0.636. The summed E-state index contributed by atoms with van der Waals surface area (Å²) in [5.41, 5.74) is 0.750. The number of aliphatic imine (C=N–C) groups is 1. The minimum atomic E-state index is -0.742. The van der Waals surface area contributed by atoms with Gasteiger partial charge >= 0.3 is 6.03 Å². The van der Waals surface area contributed by atoms with E-state index >= 15 is 0 Å². The second-order valence-electron chi connectivity index (χ2n) is 8.82. The predicted octanol–water partition coefficient (Wildman–Crippen LogP) is 0.187. The number of urea groups is 1. The summed E-state index contributed by atoms with van der Waals surface area (Å²) in [6.07, 6.45) is 8.60. The Morgan fingerprint density at radius 2 is 1.84 bits per heavy atom. The number of piperazine rings is 1. The van der Waals surface area contributed by atoms with E-state index in [2.05, 4.69) is 14.9 Å². The van der Waals surface area contributed by atoms with Crippen LogP contribution >= 0.6 is 0 Å². The van der Waals surface area contributed by atoms with Gasteiger partial charge in [-0.05, 0) is 12.8 Å². The molecule has 3 fully saturated rings. The normalized spacial score (nSPS) is 24.5. The van der Waals surface area contributed by atoms with E-state index in [0.717, 1.165) is 36.3 Å². The maximum atomic E-state index is 13.4. The lowest BCUT2D eigenvalue weighted by Gasteiger charge is -2.38. The lowest BCUT2D eigenvalue weighted by molar-refractivity contribution is -0.538. The van der Waals surface area contributed by atoms with Gasteiger partial charge in [-0.25, -0.2) is 14.4 Å². The highest BCUT2D eigenvalue weighted by molar-refractivity contribution is 6.31. The molecule has 172 valence electrons. The van der Waals surface area contributed by atoms with E-state index < -0.39 is 17.9 Å². The van der Waals surface area contributed by atoms with E-state index in [-0.39, 0.29) is 24.4 Å². The second kappa shape index (κ2) is 9.22. The summed E-state index contributed by atoms with van der Waals surface area (Å²) in [4.78, 5) is 59.1. The number of carbonyl (C=O) groups is 4. The lowest BCUT2D eigenvalue weighted by atomic mass is 9.94. The van der Waals surface area contributed by atoms with Crippen LogP contribution in [0.2, 0.25) is 0 Å². The molecule has 0 aromatic rings. The molecule has 2 saturated heterocycles. The van der Waals surface area contributed by atoms with Gasteiger partial charge in [-0.3, -0.25) is 24.2 Å². The summed E-state index contributed by atoms with van der Waals surface area (Å²) in [6.45, 7) is 3.59. The number of hydrogen-bond acceptors (Lipinski definition) is 5. The van der Waals surface area contributed by atoms with Crippen molar-refractivity contribution in [2.75, 3.05) is 39.8 Å². The van der Waals surface area contributed by atoms with Gasteiger partial charge in [0.05, 0.1) is 13.1 Å². The van der Waals surface area contributed by atoms with E-state index in [9.17, 15) is 19.2 Å². The molecule has 5 amide bonds. The minimum absolute atomic E-state index is 0.0327. The number of nitrogens with zero attached hydrogens (tertiary/aromatic N) is 5. The third kappa shape index (κ3) is 4.31. The van der Waals surface area contributed by atoms with Crippen molar-refractivity contribution >= 4 is 35.3 Å². The Morgan fingerprint density at radius 1 is 1.16 bits per heavy atom. The SMILES string of the molecule is CC(=O)N1CC[N+](=C2C=CN=C3C2C(=O)N(CC(=O)NC2CCCCC2)C(=O)N3C)CC1. The van der Waals surface area contributed by atoms with Gasteiger partial charge in [-0.2, -0.15) is 0 Å². The molecule has 32 heavy (non-hydrogen) atoms. The molecule has 0 bridgehead atoms. The fourth-order valence-electron chi connectivity index (χ4n) is 4.92. The molecule has 1 saturated carbocycles. The maximum absolute atomic E-state index is 13.4. The number of amides is 5. The Bertz CT molecular complexity index is 907. The van der Waals surface area contributed by atoms with Crippen LogP contribution in [0.25, 0.3) is 0 Å². The summed E-state index contributed by atoms with van der Waals surface area (Å²) >= 11 is 0. The fourth-order valence-corrected chi connectivity index (χ4v) is 4.92. The van der Waals surface area contributed by atoms with Gasteiger partial charge in [0.15, 0.2) is 24.7 Å². The first-order chi connectivity index (χ1) is 15.4. The van der Waals surface area contributed by atoms with E-state index in [1.54, 1.807) is 31.1 Å². The van der Waals surface area contributed by atoms with E-state index in [4.69, 9.17) is 0 Å². The molecule has 10 heteroatoms. The van der Waals surface area contributed by atoms with Gasteiger partial charge in [-0.1, -0.05) is 19.3 Å². The van der Waals surface area contributed by atoms with Crippen LogP contribution in [0.1, 0.15) is 39.0 Å². The van der Waals surface area contributed by atoms with Crippen LogP contribution in [0.3, 0.4) is 0 Å². The predicted molar refractivity (Wildman–Crippen MR) is 117 cm³/mol. The third-order valence-corrected chi connectivity index (χ3v) is 6.74. The summed E-state index contributed by atoms with van der Waals surface area (Å²) in [5.74, 6) is -1.08. The zero-order chi connectivity index (χ0) is 22.8. The van der Waals surface area contributed by atoms with Crippen LogP contribution in [0, 0.1) is 5.92 Å². The molecule has 0 aromatic carbocycles. The van der Waals surface area contributed by atoms with Crippen molar-refractivity contribution in [3.63, 3.8) is 0 Å². The smallest absolute Gasteiger partial charge is 0.332 e. The molecule has 1 aliphatic carbocycles. The lowest BCUT2D eigenvalue weighted by Crippen LogP contribution is -2.63. The van der Waals surface area contributed by atoms with Crippen LogP contribution in [-0.4, -0.2) is 100 Å².